The zero-order valence-corrected chi connectivity index (χ0v) is 12.9. The number of hydrogen-bond acceptors (Lipinski definition) is 4. The van der Waals surface area contributed by atoms with Crippen molar-refractivity contribution in [1.82, 2.24) is 4.90 Å². The summed E-state index contributed by atoms with van der Waals surface area (Å²) in [5, 5.41) is 2.92. The Kier molecular flexibility index (Phi) is 5.33. The van der Waals surface area contributed by atoms with Crippen molar-refractivity contribution in [2.75, 3.05) is 31.6 Å². The van der Waals surface area contributed by atoms with E-state index < -0.39 is 0 Å². The van der Waals surface area contributed by atoms with Gasteiger partial charge < -0.3 is 15.8 Å². The van der Waals surface area contributed by atoms with Gasteiger partial charge >= 0.3 is 0 Å². The quantitative estimate of drug-likeness (QED) is 0.864. The SMILES string of the molecule is CC1(C)COCCN1CCC(=O)Nc1ccc(CN)cc1. The lowest BCUT2D eigenvalue weighted by atomic mass is 10.0. The van der Waals surface area contributed by atoms with E-state index in [2.05, 4.69) is 24.1 Å². The molecule has 1 aromatic rings. The van der Waals surface area contributed by atoms with Crippen molar-refractivity contribution in [2.24, 2.45) is 5.73 Å². The molecule has 1 fully saturated rings. The Labute approximate surface area is 126 Å². The lowest BCUT2D eigenvalue weighted by Crippen LogP contribution is -2.53. The van der Waals surface area contributed by atoms with Crippen molar-refractivity contribution in [3.8, 4) is 0 Å². The summed E-state index contributed by atoms with van der Waals surface area (Å²) >= 11 is 0. The maximum atomic E-state index is 12.0. The first-order valence-corrected chi connectivity index (χ1v) is 7.43. The third kappa shape index (κ3) is 4.52. The van der Waals surface area contributed by atoms with Gasteiger partial charge in [0.2, 0.25) is 5.91 Å². The molecule has 0 atom stereocenters. The van der Waals surface area contributed by atoms with Crippen LogP contribution in [0.2, 0.25) is 0 Å². The second-order valence-electron chi connectivity index (χ2n) is 6.05. The fourth-order valence-electron chi connectivity index (χ4n) is 2.49. The fourth-order valence-corrected chi connectivity index (χ4v) is 2.49. The van der Waals surface area contributed by atoms with Crippen molar-refractivity contribution in [1.29, 1.82) is 0 Å². The van der Waals surface area contributed by atoms with E-state index in [0.29, 0.717) is 13.0 Å². The lowest BCUT2D eigenvalue weighted by Gasteiger charge is -2.42. The molecule has 2 rings (SSSR count). The number of nitrogens with one attached hydrogen (secondary N) is 1. The minimum absolute atomic E-state index is 0.00129. The number of carbonyl (C=O) groups is 1. The van der Waals surface area contributed by atoms with E-state index in [9.17, 15) is 4.79 Å². The van der Waals surface area contributed by atoms with Gasteiger partial charge in [0.05, 0.1) is 13.2 Å². The lowest BCUT2D eigenvalue weighted by molar-refractivity contribution is -0.117. The molecule has 0 bridgehead atoms. The number of benzene rings is 1. The topological polar surface area (TPSA) is 67.6 Å². The third-order valence-corrected chi connectivity index (χ3v) is 3.90. The van der Waals surface area contributed by atoms with E-state index in [1.165, 1.54) is 0 Å². The Morgan fingerprint density at radius 1 is 1.38 bits per heavy atom. The highest BCUT2D eigenvalue weighted by Crippen LogP contribution is 2.19. The molecule has 0 unspecified atom stereocenters. The van der Waals surface area contributed by atoms with Gasteiger partial charge in [0.1, 0.15) is 0 Å². The van der Waals surface area contributed by atoms with Crippen LogP contribution >= 0.6 is 0 Å². The molecule has 5 nitrogen and oxygen atoms in total. The largest absolute Gasteiger partial charge is 0.378 e. The third-order valence-electron chi connectivity index (χ3n) is 3.90. The van der Waals surface area contributed by atoms with Gasteiger partial charge in [-0.15, -0.1) is 0 Å². The number of amides is 1. The number of rotatable bonds is 5. The van der Waals surface area contributed by atoms with Gasteiger partial charge in [0.15, 0.2) is 0 Å². The number of ether oxygens (including phenoxy) is 1. The minimum atomic E-state index is 0.00129. The maximum absolute atomic E-state index is 12.0. The molecule has 0 radical (unpaired) electrons. The Balaban J connectivity index is 1.81. The highest BCUT2D eigenvalue weighted by atomic mass is 16.5. The van der Waals surface area contributed by atoms with E-state index in [1.54, 1.807) is 0 Å². The van der Waals surface area contributed by atoms with Crippen LogP contribution in [0.25, 0.3) is 0 Å². The zero-order chi connectivity index (χ0) is 15.3. The summed E-state index contributed by atoms with van der Waals surface area (Å²) in [6.45, 7) is 7.90. The summed E-state index contributed by atoms with van der Waals surface area (Å²) in [5.41, 5.74) is 7.43. The highest BCUT2D eigenvalue weighted by molar-refractivity contribution is 5.90. The molecule has 1 aliphatic heterocycles. The smallest absolute Gasteiger partial charge is 0.225 e. The van der Waals surface area contributed by atoms with E-state index in [4.69, 9.17) is 10.5 Å². The first-order valence-electron chi connectivity index (χ1n) is 7.43. The summed E-state index contributed by atoms with van der Waals surface area (Å²) in [6, 6.07) is 7.64. The van der Waals surface area contributed by atoms with Gasteiger partial charge in [-0.05, 0) is 31.5 Å². The van der Waals surface area contributed by atoms with Crippen LogP contribution in [-0.2, 0) is 16.1 Å². The predicted molar refractivity (Wildman–Crippen MR) is 84.1 cm³/mol. The molecule has 0 aliphatic carbocycles. The molecular formula is C16H25N3O2. The van der Waals surface area contributed by atoms with E-state index in [-0.39, 0.29) is 11.4 Å². The average molecular weight is 291 g/mol. The van der Waals surface area contributed by atoms with Gasteiger partial charge in [0.25, 0.3) is 0 Å². The highest BCUT2D eigenvalue weighted by Gasteiger charge is 2.30. The van der Waals surface area contributed by atoms with Crippen molar-refractivity contribution in [3.05, 3.63) is 29.8 Å². The molecule has 1 saturated heterocycles. The number of carbonyl (C=O) groups excluding carboxylic acids is 1. The molecular weight excluding hydrogens is 266 g/mol. The summed E-state index contributed by atoms with van der Waals surface area (Å²) < 4.78 is 5.49. The first-order chi connectivity index (χ1) is 10.0. The number of morpholine rings is 1. The van der Waals surface area contributed by atoms with Crippen LogP contribution in [0.15, 0.2) is 24.3 Å². The Hall–Kier alpha value is -1.43. The predicted octanol–water partition coefficient (Wildman–Crippen LogP) is 1.58. The molecule has 1 amide bonds. The second-order valence-corrected chi connectivity index (χ2v) is 6.05. The van der Waals surface area contributed by atoms with Crippen LogP contribution in [0.1, 0.15) is 25.8 Å². The van der Waals surface area contributed by atoms with Gasteiger partial charge in [-0.1, -0.05) is 12.1 Å². The molecule has 116 valence electrons. The maximum Gasteiger partial charge on any atom is 0.225 e. The molecule has 1 heterocycles. The standard InChI is InChI=1S/C16H25N3O2/c1-16(2)12-21-10-9-19(16)8-7-15(20)18-14-5-3-13(11-17)4-6-14/h3-6H,7-12,17H2,1-2H3,(H,18,20). The van der Waals surface area contributed by atoms with Gasteiger partial charge in [-0.3, -0.25) is 9.69 Å². The van der Waals surface area contributed by atoms with Crippen LogP contribution in [0, 0.1) is 0 Å². The van der Waals surface area contributed by atoms with E-state index in [0.717, 1.165) is 37.6 Å². The molecule has 5 heteroatoms. The van der Waals surface area contributed by atoms with E-state index in [1.807, 2.05) is 24.3 Å². The van der Waals surface area contributed by atoms with Crippen molar-refractivity contribution < 1.29 is 9.53 Å². The normalized spacial score (nSPS) is 18.4. The van der Waals surface area contributed by atoms with Crippen LogP contribution in [0.5, 0.6) is 0 Å². The van der Waals surface area contributed by atoms with Crippen LogP contribution in [0.3, 0.4) is 0 Å². The zero-order valence-electron chi connectivity index (χ0n) is 12.9. The monoisotopic (exact) mass is 291 g/mol. The summed E-state index contributed by atoms with van der Waals surface area (Å²) in [5.74, 6) is 0.0396. The van der Waals surface area contributed by atoms with Crippen molar-refractivity contribution >= 4 is 11.6 Å². The summed E-state index contributed by atoms with van der Waals surface area (Å²) in [7, 11) is 0. The Morgan fingerprint density at radius 3 is 2.71 bits per heavy atom. The average Bonchev–Trinajstić information content (AvgIpc) is 2.46. The van der Waals surface area contributed by atoms with E-state index >= 15 is 0 Å². The molecule has 0 saturated carbocycles. The molecule has 3 N–H and O–H groups in total. The van der Waals surface area contributed by atoms with Crippen molar-refractivity contribution in [3.63, 3.8) is 0 Å². The molecule has 0 aromatic heterocycles. The molecule has 21 heavy (non-hydrogen) atoms. The molecule has 1 aromatic carbocycles. The number of hydrogen-bond donors (Lipinski definition) is 2. The van der Waals surface area contributed by atoms with Gasteiger partial charge in [0, 0.05) is 37.3 Å². The second kappa shape index (κ2) is 7.02. The van der Waals surface area contributed by atoms with Crippen LogP contribution < -0.4 is 11.1 Å². The van der Waals surface area contributed by atoms with Gasteiger partial charge in [-0.25, -0.2) is 0 Å². The van der Waals surface area contributed by atoms with Crippen LogP contribution in [-0.4, -0.2) is 42.6 Å². The number of anilines is 1. The number of nitrogens with two attached hydrogens (primary N) is 1. The summed E-state index contributed by atoms with van der Waals surface area (Å²) in [4.78, 5) is 14.3. The fraction of sp³-hybridized carbons (Fsp3) is 0.562. The number of nitrogens with zero attached hydrogens (tertiary/aromatic N) is 1. The first kappa shape index (κ1) is 15.9. The van der Waals surface area contributed by atoms with Crippen molar-refractivity contribution in [2.45, 2.75) is 32.4 Å². The van der Waals surface area contributed by atoms with Gasteiger partial charge in [-0.2, -0.15) is 0 Å². The minimum Gasteiger partial charge on any atom is -0.378 e. The Morgan fingerprint density at radius 2 is 2.10 bits per heavy atom. The Bertz CT molecular complexity index is 471. The molecule has 0 spiro atoms. The van der Waals surface area contributed by atoms with Crippen LogP contribution in [0.4, 0.5) is 5.69 Å². The summed E-state index contributed by atoms with van der Waals surface area (Å²) in [6.07, 6.45) is 0.488. The molecule has 1 aliphatic rings.